The number of unbranched alkanes of at least 4 members (excludes halogenated alkanes) is 1. The van der Waals surface area contributed by atoms with E-state index in [1.165, 1.54) is 13.3 Å². The molecule has 0 aliphatic rings. The number of benzene rings is 2. The first kappa shape index (κ1) is 44.4. The van der Waals surface area contributed by atoms with Crippen molar-refractivity contribution in [2.24, 2.45) is 23.1 Å². The van der Waals surface area contributed by atoms with Gasteiger partial charge in [0.15, 0.2) is 0 Å². The average molecular weight is 801 g/mol. The summed E-state index contributed by atoms with van der Waals surface area (Å²) < 4.78 is 0. The Morgan fingerprint density at radius 3 is 2.09 bits per heavy atom. The Balaban J connectivity index is 1.57. The van der Waals surface area contributed by atoms with Gasteiger partial charge in [-0.1, -0.05) is 62.4 Å². The zero-order valence-corrected chi connectivity index (χ0v) is 33.1. The second-order valence-electron chi connectivity index (χ2n) is 14.7. The van der Waals surface area contributed by atoms with Crippen molar-refractivity contribution in [2.75, 3.05) is 13.1 Å². The van der Waals surface area contributed by atoms with E-state index in [0.717, 1.165) is 21.5 Å². The fourth-order valence-electron chi connectivity index (χ4n) is 6.22. The molecule has 4 aromatic rings. The molecule has 0 bridgehead atoms. The van der Waals surface area contributed by atoms with E-state index in [1.807, 2.05) is 44.2 Å². The lowest BCUT2D eigenvalue weighted by Crippen LogP contribution is -2.61. The number of para-hydroxylation sites is 1. The van der Waals surface area contributed by atoms with E-state index in [0.29, 0.717) is 30.6 Å². The van der Waals surface area contributed by atoms with Gasteiger partial charge in [-0.25, -0.2) is 14.8 Å². The van der Waals surface area contributed by atoms with E-state index in [2.05, 4.69) is 41.6 Å². The van der Waals surface area contributed by atoms with Crippen LogP contribution < -0.4 is 43.9 Å². The molecule has 2 aromatic heterocycles. The summed E-state index contributed by atoms with van der Waals surface area (Å²) >= 11 is 0. The third-order valence-electron chi connectivity index (χ3n) is 9.36. The summed E-state index contributed by atoms with van der Waals surface area (Å²) in [5.74, 6) is -3.49. The van der Waals surface area contributed by atoms with Crippen molar-refractivity contribution >= 4 is 46.5 Å². The highest BCUT2D eigenvalue weighted by molar-refractivity contribution is 5.95. The molecule has 18 nitrogen and oxygen atoms in total. The Labute approximate surface area is 337 Å². The molecule has 0 unspecified atom stereocenters. The topological polar surface area (TPSA) is 288 Å². The second kappa shape index (κ2) is 21.9. The number of fused-ring (bicyclic) bond motifs is 1. The predicted molar refractivity (Wildman–Crippen MR) is 218 cm³/mol. The summed E-state index contributed by atoms with van der Waals surface area (Å²) in [5, 5.41) is 12.7. The molecule has 0 saturated carbocycles. The van der Waals surface area contributed by atoms with Crippen LogP contribution in [0.1, 0.15) is 56.9 Å². The summed E-state index contributed by atoms with van der Waals surface area (Å²) in [7, 11) is 0. The molecule has 5 atom stereocenters. The van der Waals surface area contributed by atoms with Gasteiger partial charge in [-0.15, -0.1) is 0 Å². The number of nitrogens with zero attached hydrogens (tertiary/aromatic N) is 2. The summed E-state index contributed by atoms with van der Waals surface area (Å²) in [6, 6.07) is 10.2. The van der Waals surface area contributed by atoms with Crippen LogP contribution in [0.15, 0.2) is 73.3 Å². The molecule has 0 spiro atoms. The van der Waals surface area contributed by atoms with Crippen LogP contribution in [0.2, 0.25) is 0 Å². The third-order valence-corrected chi connectivity index (χ3v) is 9.36. The van der Waals surface area contributed by atoms with Crippen molar-refractivity contribution in [2.45, 2.75) is 89.5 Å². The number of urea groups is 1. The number of imidazole rings is 1. The Morgan fingerprint density at radius 2 is 1.43 bits per heavy atom. The van der Waals surface area contributed by atoms with E-state index >= 15 is 0 Å². The normalized spacial score (nSPS) is 13.8. The molecular weight excluding hydrogens is 745 g/mol. The molecule has 0 radical (unpaired) electrons. The number of aromatic nitrogens is 3. The van der Waals surface area contributed by atoms with Gasteiger partial charge in [0.1, 0.15) is 24.2 Å². The maximum absolute atomic E-state index is 14.4. The van der Waals surface area contributed by atoms with Crippen LogP contribution in [0.3, 0.4) is 0 Å². The number of rotatable bonds is 21. The number of nitrogens with two attached hydrogens (primary N) is 3. The van der Waals surface area contributed by atoms with Gasteiger partial charge in [0.05, 0.1) is 12.4 Å². The first-order chi connectivity index (χ1) is 27.7. The molecule has 2 aromatic carbocycles. The van der Waals surface area contributed by atoms with Gasteiger partial charge in [-0.3, -0.25) is 29.4 Å². The summed E-state index contributed by atoms with van der Waals surface area (Å²) in [4.78, 5) is 90.7. The van der Waals surface area contributed by atoms with E-state index in [-0.39, 0.29) is 38.1 Å². The lowest BCUT2D eigenvalue weighted by atomic mass is 10.0. The maximum Gasteiger partial charge on any atom is 0.336 e. The Kier molecular flexibility index (Phi) is 16.8. The number of primary amides is 1. The van der Waals surface area contributed by atoms with Gasteiger partial charge < -0.3 is 48.4 Å². The van der Waals surface area contributed by atoms with Crippen LogP contribution >= 0.6 is 0 Å². The zero-order valence-electron chi connectivity index (χ0n) is 33.1. The highest BCUT2D eigenvalue weighted by Gasteiger charge is 2.32. The molecule has 18 heteroatoms. The predicted octanol–water partition coefficient (Wildman–Crippen LogP) is 0.402. The third kappa shape index (κ3) is 13.4. The molecule has 0 aliphatic heterocycles. The molecule has 4 rings (SSSR count). The SMILES string of the molecule is CC(C)CN(NC(=O)[C@H](C)NC(=O)[C@@H](N)Cc1cnc[nH]1)C(=O)N[C@@H](Cc1c[nH]c2ccccc12)C(=O)N[C@@H](Cc1ccccc1)C(=O)N[C@@H](CCCCN)C(N)=O. The van der Waals surface area contributed by atoms with E-state index in [9.17, 15) is 28.8 Å². The standard InChI is InChI=1S/C40H56N12O6/c1-24(2)22-52(51-36(54)25(3)47-37(55)30(42)19-28-21-44-23-46-28)40(58)50-34(18-27-20-45-31-14-8-7-13-29(27)31)39(57)49-33(17-26-11-5-4-6-12-26)38(56)48-32(35(43)53)15-9-10-16-41/h4-8,11-14,20-21,23-25,30,32-34,45H,9-10,15-19,22,41-42H2,1-3H3,(H2,43,53)(H,44,46)(H,47,55)(H,48,56)(H,49,57)(H,50,58)(H,51,54)/t25-,30-,32-,33-,34-/m0/s1. The largest absolute Gasteiger partial charge is 0.368 e. The monoisotopic (exact) mass is 800 g/mol. The van der Waals surface area contributed by atoms with Crippen LogP contribution in [0.25, 0.3) is 10.9 Å². The van der Waals surface area contributed by atoms with Gasteiger partial charge >= 0.3 is 6.03 Å². The fourth-order valence-corrected chi connectivity index (χ4v) is 6.22. The average Bonchev–Trinajstić information content (AvgIpc) is 3.86. The number of hydrazine groups is 1. The molecule has 13 N–H and O–H groups in total. The molecule has 58 heavy (non-hydrogen) atoms. The number of aromatic amines is 2. The number of amides is 7. The van der Waals surface area contributed by atoms with Crippen LogP contribution in [-0.2, 0) is 43.2 Å². The minimum absolute atomic E-state index is 0.00555. The first-order valence-corrected chi connectivity index (χ1v) is 19.4. The molecule has 2 heterocycles. The smallest absolute Gasteiger partial charge is 0.336 e. The molecule has 0 aliphatic carbocycles. The fraction of sp³-hybridized carbons (Fsp3) is 0.425. The number of nitrogens with one attached hydrogen (secondary N) is 7. The minimum atomic E-state index is -1.27. The van der Waals surface area contributed by atoms with Gasteiger partial charge in [-0.2, -0.15) is 0 Å². The first-order valence-electron chi connectivity index (χ1n) is 19.4. The Hall–Kier alpha value is -6.27. The number of H-pyrrole nitrogens is 2. The molecule has 0 fully saturated rings. The van der Waals surface area contributed by atoms with Gasteiger partial charge in [0, 0.05) is 54.8 Å². The van der Waals surface area contributed by atoms with Crippen molar-refractivity contribution in [3.63, 3.8) is 0 Å². The Bertz CT molecular complexity index is 1970. The Morgan fingerprint density at radius 1 is 0.759 bits per heavy atom. The highest BCUT2D eigenvalue weighted by Crippen LogP contribution is 2.20. The second-order valence-corrected chi connectivity index (χ2v) is 14.7. The van der Waals surface area contributed by atoms with E-state index in [4.69, 9.17) is 17.2 Å². The van der Waals surface area contributed by atoms with E-state index < -0.39 is 65.8 Å². The van der Waals surface area contributed by atoms with Crippen molar-refractivity contribution in [3.05, 3.63) is 90.1 Å². The summed E-state index contributed by atoms with van der Waals surface area (Å²) in [6.07, 6.45) is 6.40. The zero-order chi connectivity index (χ0) is 42.2. The van der Waals surface area contributed by atoms with Crippen molar-refractivity contribution in [1.82, 2.24) is 46.7 Å². The molecule has 7 amide bonds. The van der Waals surface area contributed by atoms with Gasteiger partial charge in [-0.05, 0) is 55.8 Å². The van der Waals surface area contributed by atoms with Crippen LogP contribution in [0.4, 0.5) is 4.79 Å². The number of hydrogen-bond acceptors (Lipinski definition) is 9. The molecule has 312 valence electrons. The quantitative estimate of drug-likeness (QED) is 0.0412. The lowest BCUT2D eigenvalue weighted by molar-refractivity contribution is -0.132. The van der Waals surface area contributed by atoms with E-state index in [1.54, 1.807) is 36.7 Å². The van der Waals surface area contributed by atoms with Crippen molar-refractivity contribution < 1.29 is 28.8 Å². The van der Waals surface area contributed by atoms with Crippen molar-refractivity contribution in [3.8, 4) is 0 Å². The number of carbonyl (C=O) groups excluding carboxylic acids is 6. The molecular formula is C40H56N12O6. The highest BCUT2D eigenvalue weighted by atomic mass is 16.2. The summed E-state index contributed by atoms with van der Waals surface area (Å²) in [5.41, 5.74) is 22.8. The van der Waals surface area contributed by atoms with Crippen LogP contribution in [0.5, 0.6) is 0 Å². The number of carbonyl (C=O) groups is 6. The number of hydrogen-bond donors (Lipinski definition) is 10. The lowest BCUT2D eigenvalue weighted by Gasteiger charge is -2.30. The van der Waals surface area contributed by atoms with Crippen LogP contribution in [-0.4, -0.2) is 98.8 Å². The van der Waals surface area contributed by atoms with Crippen molar-refractivity contribution in [1.29, 1.82) is 0 Å². The van der Waals surface area contributed by atoms with Gasteiger partial charge in [0.25, 0.3) is 5.91 Å². The summed E-state index contributed by atoms with van der Waals surface area (Å²) in [6.45, 7) is 5.57. The molecule has 0 saturated heterocycles. The minimum Gasteiger partial charge on any atom is -0.368 e. The van der Waals surface area contributed by atoms with Crippen LogP contribution in [0, 0.1) is 5.92 Å². The van der Waals surface area contributed by atoms with Gasteiger partial charge in [0.2, 0.25) is 23.6 Å². The maximum atomic E-state index is 14.4.